The van der Waals surface area contributed by atoms with Gasteiger partial charge < -0.3 is 11.1 Å². The van der Waals surface area contributed by atoms with Crippen molar-refractivity contribution < 1.29 is 4.79 Å². The summed E-state index contributed by atoms with van der Waals surface area (Å²) >= 11 is 0. The minimum atomic E-state index is 0.00194. The fourth-order valence-electron chi connectivity index (χ4n) is 2.03. The summed E-state index contributed by atoms with van der Waals surface area (Å²) in [4.78, 5) is 14.0. The molecule has 2 unspecified atom stereocenters. The van der Waals surface area contributed by atoms with Crippen LogP contribution in [-0.2, 0) is 4.79 Å². The lowest BCUT2D eigenvalue weighted by molar-refractivity contribution is -0.121. The van der Waals surface area contributed by atoms with Crippen LogP contribution in [0.4, 0.5) is 0 Å². The highest BCUT2D eigenvalue weighted by molar-refractivity contribution is 5.76. The van der Waals surface area contributed by atoms with Gasteiger partial charge in [-0.1, -0.05) is 6.92 Å². The zero-order valence-electron chi connectivity index (χ0n) is 10.5. The molecule has 0 aromatic heterocycles. The molecule has 0 saturated carbocycles. The molecule has 4 nitrogen and oxygen atoms in total. The fourth-order valence-corrected chi connectivity index (χ4v) is 2.03. The molecule has 0 aromatic carbocycles. The van der Waals surface area contributed by atoms with Gasteiger partial charge in [-0.15, -0.1) is 0 Å². The zero-order valence-corrected chi connectivity index (χ0v) is 10.5. The van der Waals surface area contributed by atoms with E-state index in [9.17, 15) is 4.79 Å². The first-order chi connectivity index (χ1) is 7.63. The van der Waals surface area contributed by atoms with E-state index in [0.29, 0.717) is 12.5 Å². The van der Waals surface area contributed by atoms with Crippen molar-refractivity contribution in [2.45, 2.75) is 51.6 Å². The Kier molecular flexibility index (Phi) is 5.77. The molecule has 1 fully saturated rings. The van der Waals surface area contributed by atoms with Gasteiger partial charge in [0.2, 0.25) is 5.91 Å². The first kappa shape index (κ1) is 13.5. The molecule has 2 atom stereocenters. The summed E-state index contributed by atoms with van der Waals surface area (Å²) in [7, 11) is 0. The van der Waals surface area contributed by atoms with Crippen molar-refractivity contribution in [2.24, 2.45) is 5.73 Å². The van der Waals surface area contributed by atoms with E-state index in [1.54, 1.807) is 0 Å². The molecule has 1 amide bonds. The number of nitrogens with zero attached hydrogens (tertiary/aromatic N) is 1. The molecule has 3 N–H and O–H groups in total. The Bertz CT molecular complexity index is 214. The number of likely N-dealkylation sites (tertiary alicyclic amines) is 1. The van der Waals surface area contributed by atoms with Crippen molar-refractivity contribution in [3.8, 4) is 0 Å². The summed E-state index contributed by atoms with van der Waals surface area (Å²) in [6, 6.07) is 0.450. The quantitative estimate of drug-likeness (QED) is 0.703. The highest BCUT2D eigenvalue weighted by atomic mass is 16.1. The van der Waals surface area contributed by atoms with Gasteiger partial charge in [0.15, 0.2) is 0 Å². The van der Waals surface area contributed by atoms with Crippen LogP contribution in [0.25, 0.3) is 0 Å². The Hall–Kier alpha value is -0.610. The number of hydrogen-bond acceptors (Lipinski definition) is 3. The minimum Gasteiger partial charge on any atom is -0.354 e. The van der Waals surface area contributed by atoms with Crippen molar-refractivity contribution in [1.82, 2.24) is 10.2 Å². The lowest BCUT2D eigenvalue weighted by Crippen LogP contribution is -2.41. The van der Waals surface area contributed by atoms with Crippen LogP contribution in [0.5, 0.6) is 0 Å². The summed E-state index contributed by atoms with van der Waals surface area (Å²) in [5, 5.41) is 2.96. The van der Waals surface area contributed by atoms with Crippen molar-refractivity contribution in [3.05, 3.63) is 0 Å². The van der Waals surface area contributed by atoms with Gasteiger partial charge in [-0.3, -0.25) is 9.69 Å². The molecule has 4 heteroatoms. The third-order valence-electron chi connectivity index (χ3n) is 3.33. The molecular formula is C12H25N3O. The van der Waals surface area contributed by atoms with Crippen LogP contribution in [0.15, 0.2) is 0 Å². The third kappa shape index (κ3) is 4.49. The summed E-state index contributed by atoms with van der Waals surface area (Å²) in [5.74, 6) is 0.0837. The Morgan fingerprint density at radius 3 is 2.62 bits per heavy atom. The lowest BCUT2D eigenvalue weighted by atomic mass is 10.1. The van der Waals surface area contributed by atoms with E-state index >= 15 is 0 Å². The first-order valence-electron chi connectivity index (χ1n) is 6.39. The van der Waals surface area contributed by atoms with Crippen molar-refractivity contribution in [2.75, 3.05) is 19.6 Å². The van der Waals surface area contributed by atoms with Gasteiger partial charge in [0.25, 0.3) is 0 Å². The second kappa shape index (κ2) is 6.86. The molecule has 1 aliphatic heterocycles. The van der Waals surface area contributed by atoms with Gasteiger partial charge in [-0.05, 0) is 39.3 Å². The molecule has 1 rings (SSSR count). The van der Waals surface area contributed by atoms with Gasteiger partial charge in [0.05, 0.1) is 0 Å². The largest absolute Gasteiger partial charge is 0.354 e. The van der Waals surface area contributed by atoms with Crippen LogP contribution in [-0.4, -0.2) is 42.5 Å². The van der Waals surface area contributed by atoms with Crippen LogP contribution in [0.1, 0.15) is 39.5 Å². The van der Waals surface area contributed by atoms with Crippen LogP contribution in [0, 0.1) is 0 Å². The molecule has 0 radical (unpaired) electrons. The normalized spacial score (nSPS) is 20.7. The molecule has 1 heterocycles. The number of hydrogen-bond donors (Lipinski definition) is 2. The van der Waals surface area contributed by atoms with Crippen LogP contribution < -0.4 is 11.1 Å². The Morgan fingerprint density at radius 2 is 2.06 bits per heavy atom. The van der Waals surface area contributed by atoms with Gasteiger partial charge in [0.1, 0.15) is 0 Å². The van der Waals surface area contributed by atoms with Crippen LogP contribution >= 0.6 is 0 Å². The molecule has 0 bridgehead atoms. The summed E-state index contributed by atoms with van der Waals surface area (Å²) < 4.78 is 0. The fraction of sp³-hybridized carbons (Fsp3) is 0.917. The topological polar surface area (TPSA) is 58.4 Å². The molecule has 1 saturated heterocycles. The summed E-state index contributed by atoms with van der Waals surface area (Å²) in [5.41, 5.74) is 5.73. The van der Waals surface area contributed by atoms with Crippen molar-refractivity contribution in [1.29, 1.82) is 0 Å². The average molecular weight is 227 g/mol. The van der Waals surface area contributed by atoms with E-state index in [0.717, 1.165) is 13.0 Å². The number of amides is 1. The van der Waals surface area contributed by atoms with Gasteiger partial charge in [-0.25, -0.2) is 0 Å². The predicted molar refractivity (Wildman–Crippen MR) is 66.2 cm³/mol. The van der Waals surface area contributed by atoms with E-state index in [1.165, 1.54) is 25.9 Å². The molecule has 16 heavy (non-hydrogen) atoms. The van der Waals surface area contributed by atoms with E-state index in [4.69, 9.17) is 5.73 Å². The second-order valence-electron chi connectivity index (χ2n) is 4.77. The van der Waals surface area contributed by atoms with Crippen molar-refractivity contribution in [3.63, 3.8) is 0 Å². The van der Waals surface area contributed by atoms with Crippen LogP contribution in [0.2, 0.25) is 0 Å². The van der Waals surface area contributed by atoms with Crippen LogP contribution in [0.3, 0.4) is 0 Å². The summed E-state index contributed by atoms with van der Waals surface area (Å²) in [6.45, 7) is 7.27. The summed E-state index contributed by atoms with van der Waals surface area (Å²) in [6.07, 6.45) is 3.89. The highest BCUT2D eigenvalue weighted by Crippen LogP contribution is 2.10. The predicted octanol–water partition coefficient (Wildman–Crippen LogP) is 0.714. The van der Waals surface area contributed by atoms with Gasteiger partial charge in [0, 0.05) is 25.0 Å². The second-order valence-corrected chi connectivity index (χ2v) is 4.77. The Balaban J connectivity index is 2.15. The number of rotatable bonds is 6. The van der Waals surface area contributed by atoms with Gasteiger partial charge in [-0.2, -0.15) is 0 Å². The molecular weight excluding hydrogens is 202 g/mol. The standard InChI is InChI=1S/C12H25N3O/c1-3-11(13)8-12(16)14-9-10(2)15-6-4-5-7-15/h10-11H,3-9,13H2,1-2H3,(H,14,16). The molecule has 0 aliphatic carbocycles. The molecule has 0 spiro atoms. The molecule has 1 aliphatic rings. The van der Waals surface area contributed by atoms with E-state index in [1.807, 2.05) is 6.92 Å². The molecule has 94 valence electrons. The van der Waals surface area contributed by atoms with Crippen molar-refractivity contribution >= 4 is 5.91 Å². The number of carbonyl (C=O) groups excluding carboxylic acids is 1. The minimum absolute atomic E-state index is 0.00194. The number of nitrogens with one attached hydrogen (secondary N) is 1. The number of carbonyl (C=O) groups is 1. The maximum absolute atomic E-state index is 11.5. The Morgan fingerprint density at radius 1 is 1.44 bits per heavy atom. The Labute approximate surface area is 98.6 Å². The SMILES string of the molecule is CCC(N)CC(=O)NCC(C)N1CCCC1. The van der Waals surface area contributed by atoms with E-state index in [2.05, 4.69) is 17.1 Å². The zero-order chi connectivity index (χ0) is 12.0. The smallest absolute Gasteiger partial charge is 0.221 e. The molecule has 0 aromatic rings. The lowest BCUT2D eigenvalue weighted by Gasteiger charge is -2.24. The maximum Gasteiger partial charge on any atom is 0.221 e. The van der Waals surface area contributed by atoms with E-state index in [-0.39, 0.29) is 11.9 Å². The van der Waals surface area contributed by atoms with Gasteiger partial charge >= 0.3 is 0 Å². The third-order valence-corrected chi connectivity index (χ3v) is 3.33. The number of nitrogens with two attached hydrogens (primary N) is 1. The first-order valence-corrected chi connectivity index (χ1v) is 6.39. The highest BCUT2D eigenvalue weighted by Gasteiger charge is 2.18. The monoisotopic (exact) mass is 227 g/mol. The van der Waals surface area contributed by atoms with E-state index < -0.39 is 0 Å². The average Bonchev–Trinajstić information content (AvgIpc) is 2.79. The maximum atomic E-state index is 11.5.